The van der Waals surface area contributed by atoms with Gasteiger partial charge in [-0.25, -0.2) is 0 Å². The minimum absolute atomic E-state index is 0.0604. The van der Waals surface area contributed by atoms with Crippen LogP contribution in [0.2, 0.25) is 5.02 Å². The fourth-order valence-electron chi connectivity index (χ4n) is 1.34. The molecule has 7 heteroatoms. The van der Waals surface area contributed by atoms with Gasteiger partial charge >= 0.3 is 0 Å². The molecule has 0 bridgehead atoms. The number of rotatable bonds is 3. The summed E-state index contributed by atoms with van der Waals surface area (Å²) in [5.74, 6) is 0.0604. The Balaban J connectivity index is 2.29. The van der Waals surface area contributed by atoms with Gasteiger partial charge in [-0.15, -0.1) is 10.2 Å². The molecular formula is C11H10ClN3OS2. The third-order valence-electron chi connectivity index (χ3n) is 2.25. The van der Waals surface area contributed by atoms with Gasteiger partial charge in [-0.3, -0.25) is 4.57 Å². The average molecular weight is 300 g/mol. The Labute approximate surface area is 118 Å². The van der Waals surface area contributed by atoms with Crippen molar-refractivity contribution in [3.05, 3.63) is 33.2 Å². The quantitative estimate of drug-likeness (QED) is 0.635. The molecule has 0 spiro atoms. The van der Waals surface area contributed by atoms with E-state index >= 15 is 0 Å². The van der Waals surface area contributed by atoms with Crippen LogP contribution < -0.4 is 0 Å². The van der Waals surface area contributed by atoms with Crippen molar-refractivity contribution in [2.75, 3.05) is 0 Å². The van der Waals surface area contributed by atoms with E-state index in [1.54, 1.807) is 28.8 Å². The number of benzene rings is 1. The molecule has 2 aromatic rings. The summed E-state index contributed by atoms with van der Waals surface area (Å²) < 4.78 is 2.19. The highest BCUT2D eigenvalue weighted by molar-refractivity contribution is 7.73. The molecule has 0 amide bonds. The van der Waals surface area contributed by atoms with Crippen molar-refractivity contribution >= 4 is 45.8 Å². The zero-order valence-electron chi connectivity index (χ0n) is 9.50. The largest absolute Gasteiger partial charge is 0.492 e. The molecule has 0 aliphatic heterocycles. The van der Waals surface area contributed by atoms with Gasteiger partial charge in [0.25, 0.3) is 0 Å². The standard InChI is InChI=1S/C11H10ClN3OS2/c1-2-15-10(16)9(18-11(15)17)14-13-8-5-3-7(12)4-6-8/h3-6,16H,2H2,1H3. The van der Waals surface area contributed by atoms with Crippen molar-refractivity contribution in [2.45, 2.75) is 13.5 Å². The molecule has 2 rings (SSSR count). The van der Waals surface area contributed by atoms with Crippen LogP contribution in [0, 0.1) is 3.95 Å². The van der Waals surface area contributed by atoms with E-state index in [0.717, 1.165) is 0 Å². The van der Waals surface area contributed by atoms with E-state index in [4.69, 9.17) is 23.8 Å². The van der Waals surface area contributed by atoms with Crippen molar-refractivity contribution < 1.29 is 5.11 Å². The summed E-state index contributed by atoms with van der Waals surface area (Å²) in [6.07, 6.45) is 0. The van der Waals surface area contributed by atoms with E-state index in [1.165, 1.54) is 11.3 Å². The molecule has 0 saturated heterocycles. The van der Waals surface area contributed by atoms with E-state index in [0.29, 0.717) is 26.2 Å². The Kier molecular flexibility index (Phi) is 4.11. The first-order valence-electron chi connectivity index (χ1n) is 5.21. The van der Waals surface area contributed by atoms with E-state index in [-0.39, 0.29) is 5.88 Å². The Morgan fingerprint density at radius 2 is 2.00 bits per heavy atom. The lowest BCUT2D eigenvalue weighted by atomic mass is 10.3. The Morgan fingerprint density at radius 3 is 2.56 bits per heavy atom. The highest BCUT2D eigenvalue weighted by atomic mass is 35.5. The zero-order valence-corrected chi connectivity index (χ0v) is 11.9. The SMILES string of the molecule is CCn1c(O)c(N=Nc2ccc(Cl)cc2)sc1=S. The van der Waals surface area contributed by atoms with Crippen LogP contribution in [0.5, 0.6) is 5.88 Å². The van der Waals surface area contributed by atoms with Gasteiger partial charge in [-0.2, -0.15) is 0 Å². The number of nitrogens with zero attached hydrogens (tertiary/aromatic N) is 3. The summed E-state index contributed by atoms with van der Waals surface area (Å²) in [5.41, 5.74) is 0.668. The molecule has 1 aromatic heterocycles. The molecule has 4 nitrogen and oxygen atoms in total. The van der Waals surface area contributed by atoms with Gasteiger partial charge in [0.1, 0.15) is 0 Å². The molecular weight excluding hydrogens is 290 g/mol. The lowest BCUT2D eigenvalue weighted by Gasteiger charge is -1.97. The van der Waals surface area contributed by atoms with Crippen LogP contribution in [-0.2, 0) is 6.54 Å². The zero-order chi connectivity index (χ0) is 13.1. The molecule has 1 N–H and O–H groups in total. The lowest BCUT2D eigenvalue weighted by Crippen LogP contribution is -1.90. The fourth-order valence-corrected chi connectivity index (χ4v) is 2.69. The van der Waals surface area contributed by atoms with Gasteiger partial charge in [-0.05, 0) is 43.4 Å². The molecule has 0 unspecified atom stereocenters. The second kappa shape index (κ2) is 5.60. The molecule has 94 valence electrons. The van der Waals surface area contributed by atoms with E-state index in [2.05, 4.69) is 10.2 Å². The van der Waals surface area contributed by atoms with Crippen molar-refractivity contribution in [1.29, 1.82) is 0 Å². The number of azo groups is 1. The summed E-state index contributed by atoms with van der Waals surface area (Å²) >= 11 is 12.1. The minimum atomic E-state index is 0.0604. The number of aromatic nitrogens is 1. The maximum atomic E-state index is 9.86. The molecule has 0 radical (unpaired) electrons. The number of hydrogen-bond donors (Lipinski definition) is 1. The average Bonchev–Trinajstić information content (AvgIpc) is 2.63. The topological polar surface area (TPSA) is 49.9 Å². The van der Waals surface area contributed by atoms with Gasteiger partial charge in [0.05, 0.1) is 5.69 Å². The smallest absolute Gasteiger partial charge is 0.232 e. The second-order valence-corrected chi connectivity index (χ2v) is 5.48. The van der Waals surface area contributed by atoms with Crippen LogP contribution >= 0.6 is 35.2 Å². The molecule has 0 saturated carbocycles. The van der Waals surface area contributed by atoms with Crippen LogP contribution in [0.25, 0.3) is 0 Å². The molecule has 1 heterocycles. The third-order valence-corrected chi connectivity index (χ3v) is 3.83. The van der Waals surface area contributed by atoms with E-state index in [1.807, 2.05) is 6.92 Å². The normalized spacial score (nSPS) is 11.2. The minimum Gasteiger partial charge on any atom is -0.492 e. The number of halogens is 1. The molecule has 0 fully saturated rings. The van der Waals surface area contributed by atoms with Crippen molar-refractivity contribution in [3.8, 4) is 5.88 Å². The molecule has 0 aliphatic rings. The summed E-state index contributed by atoms with van der Waals surface area (Å²) in [4.78, 5) is 0. The Hall–Kier alpha value is -1.24. The highest BCUT2D eigenvalue weighted by Crippen LogP contribution is 2.35. The van der Waals surface area contributed by atoms with Gasteiger partial charge in [0, 0.05) is 11.6 Å². The first-order valence-corrected chi connectivity index (χ1v) is 6.82. The van der Waals surface area contributed by atoms with Crippen molar-refractivity contribution in [2.24, 2.45) is 10.2 Å². The van der Waals surface area contributed by atoms with Crippen molar-refractivity contribution in [3.63, 3.8) is 0 Å². The monoisotopic (exact) mass is 299 g/mol. The summed E-state index contributed by atoms with van der Waals surface area (Å²) in [7, 11) is 0. The van der Waals surface area contributed by atoms with Gasteiger partial charge in [-0.1, -0.05) is 22.9 Å². The molecule has 1 aromatic carbocycles. The van der Waals surface area contributed by atoms with Gasteiger partial charge in [0.2, 0.25) is 10.9 Å². The van der Waals surface area contributed by atoms with E-state index in [9.17, 15) is 5.11 Å². The number of hydrogen-bond acceptors (Lipinski definition) is 5. The summed E-state index contributed by atoms with van der Waals surface area (Å²) in [5, 5.41) is 18.9. The van der Waals surface area contributed by atoms with E-state index < -0.39 is 0 Å². The van der Waals surface area contributed by atoms with Crippen molar-refractivity contribution in [1.82, 2.24) is 4.57 Å². The molecule has 18 heavy (non-hydrogen) atoms. The molecule has 0 atom stereocenters. The summed E-state index contributed by atoms with van der Waals surface area (Å²) in [6.45, 7) is 2.51. The Morgan fingerprint density at radius 1 is 1.33 bits per heavy atom. The third kappa shape index (κ3) is 2.77. The Bertz CT molecular complexity index is 631. The molecule has 0 aliphatic carbocycles. The van der Waals surface area contributed by atoms with Gasteiger partial charge < -0.3 is 5.11 Å². The maximum Gasteiger partial charge on any atom is 0.232 e. The lowest BCUT2D eigenvalue weighted by molar-refractivity contribution is 0.421. The van der Waals surface area contributed by atoms with Crippen LogP contribution in [0.4, 0.5) is 10.7 Å². The fraction of sp³-hybridized carbons (Fsp3) is 0.182. The first-order chi connectivity index (χ1) is 8.61. The number of thiazole rings is 1. The van der Waals surface area contributed by atoms with Gasteiger partial charge in [0.15, 0.2) is 3.95 Å². The maximum absolute atomic E-state index is 9.86. The van der Waals surface area contributed by atoms with Crippen LogP contribution in [-0.4, -0.2) is 9.67 Å². The second-order valence-electron chi connectivity index (χ2n) is 3.42. The highest BCUT2D eigenvalue weighted by Gasteiger charge is 2.09. The first kappa shape index (κ1) is 13.2. The van der Waals surface area contributed by atoms with Crippen LogP contribution in [0.3, 0.4) is 0 Å². The number of aromatic hydroxyl groups is 1. The van der Waals surface area contributed by atoms with Crippen LogP contribution in [0.1, 0.15) is 6.92 Å². The summed E-state index contributed by atoms with van der Waals surface area (Å²) in [6, 6.07) is 6.96. The van der Waals surface area contributed by atoms with Crippen LogP contribution in [0.15, 0.2) is 34.5 Å². The predicted molar refractivity (Wildman–Crippen MR) is 76.1 cm³/mol. The predicted octanol–water partition coefficient (Wildman–Crippen LogP) is 5.07.